The first-order valence-electron chi connectivity index (χ1n) is 15.5. The third-order valence-corrected chi connectivity index (χ3v) is 17.6. The van der Waals surface area contributed by atoms with Crippen LogP contribution >= 0.6 is 27.3 Å². The molecule has 4 aliphatic rings. The van der Waals surface area contributed by atoms with Gasteiger partial charge in [0.2, 0.25) is 0 Å². The molecule has 0 aromatic heterocycles. The molecule has 42 heavy (non-hydrogen) atoms. The first-order valence-corrected chi connectivity index (χ1v) is 26.4. The third kappa shape index (κ3) is 13.1. The van der Waals surface area contributed by atoms with E-state index in [-0.39, 0.29) is 21.0 Å². The predicted octanol–water partition coefficient (Wildman–Crippen LogP) is 7.60. The summed E-state index contributed by atoms with van der Waals surface area (Å²) in [7, 11) is 4.64. The molecule has 0 radical (unpaired) electrons. The summed E-state index contributed by atoms with van der Waals surface area (Å²) in [6, 6.07) is 9.89. The van der Waals surface area contributed by atoms with Gasteiger partial charge in [-0.15, -0.1) is 0 Å². The molecule has 0 amide bonds. The fraction of sp³-hybridized carbons (Fsp3) is 0.733. The summed E-state index contributed by atoms with van der Waals surface area (Å²) in [6.45, 7) is 1.47. The number of hydrogen-bond donors (Lipinski definition) is 0. The number of nitrogens with zero attached hydrogens (tertiary/aromatic N) is 2. The molecule has 0 N–H and O–H groups in total. The standard InChI is InChI=1S/C18H33P.C7H6.C5H11N2O4S2.2ClH.Ru/c1-4-10-16(11-5-1)19(17-12-6-2-7-13-17)18-14-8-3-9-15-18;1-7-5-3-2-4-6-7;1-12(8,9)6-3-4-7(5-6)13(2,10)11;;;/h16-18H,1-15H2;1-6H;5H,3-4H2,1-2H3;2*1H;/q;;-1;;;+2/p-1. The van der Waals surface area contributed by atoms with Crippen molar-refractivity contribution in [1.82, 2.24) is 8.61 Å². The van der Waals surface area contributed by atoms with Crippen molar-refractivity contribution >= 4 is 52.0 Å². The van der Waals surface area contributed by atoms with E-state index in [0.717, 1.165) is 33.4 Å². The Hall–Kier alpha value is 0.543. The Morgan fingerprint density at radius 2 is 1.05 bits per heavy atom. The Balaban J connectivity index is 0.000000184. The summed E-state index contributed by atoms with van der Waals surface area (Å²) in [6.07, 6.45) is 25.9. The summed E-state index contributed by atoms with van der Waals surface area (Å²) < 4.78 is 47.9. The second kappa shape index (κ2) is 18.6. The maximum absolute atomic E-state index is 11.0. The third-order valence-electron chi connectivity index (χ3n) is 8.87. The van der Waals surface area contributed by atoms with E-state index in [0.29, 0.717) is 0 Å². The average molecular weight is 771 g/mol. The molecule has 1 aromatic rings. The van der Waals surface area contributed by atoms with Crippen LogP contribution in [-0.2, 0) is 33.6 Å². The fourth-order valence-electron chi connectivity index (χ4n) is 6.88. The summed E-state index contributed by atoms with van der Waals surface area (Å²) in [5.41, 5.74) is 4.80. The normalized spacial score (nSPS) is 22.5. The first-order chi connectivity index (χ1) is 19.9. The topological polar surface area (TPSA) is 74.8 Å². The van der Waals surface area contributed by atoms with Crippen LogP contribution in [-0.4, -0.2) is 72.6 Å². The summed E-state index contributed by atoms with van der Waals surface area (Å²) >= 11 is -1.61. The quantitative estimate of drug-likeness (QED) is 0.170. The minimum atomic E-state index is -3.32. The van der Waals surface area contributed by atoms with Crippen LogP contribution in [0.15, 0.2) is 30.3 Å². The second-order valence-electron chi connectivity index (χ2n) is 12.1. The monoisotopic (exact) mass is 770 g/mol. The first kappa shape index (κ1) is 37.0. The van der Waals surface area contributed by atoms with Crippen molar-refractivity contribution in [3.05, 3.63) is 42.6 Å². The van der Waals surface area contributed by atoms with Crippen LogP contribution in [0.25, 0.3) is 0 Å². The van der Waals surface area contributed by atoms with Crippen molar-refractivity contribution < 1.29 is 30.4 Å². The van der Waals surface area contributed by atoms with E-state index in [1.165, 1.54) is 17.0 Å². The molecule has 1 saturated heterocycles. The van der Waals surface area contributed by atoms with Crippen molar-refractivity contribution in [2.75, 3.05) is 25.6 Å². The Morgan fingerprint density at radius 3 is 1.33 bits per heavy atom. The molecule has 5 rings (SSSR count). The van der Waals surface area contributed by atoms with Gasteiger partial charge in [-0.05, 0) is 90.1 Å². The van der Waals surface area contributed by atoms with Crippen LogP contribution in [0.5, 0.6) is 0 Å². The van der Waals surface area contributed by atoms with E-state index in [1.807, 2.05) is 34.9 Å². The minimum absolute atomic E-state index is 0.0465. The average Bonchev–Trinajstić information content (AvgIpc) is 3.49. The van der Waals surface area contributed by atoms with Crippen molar-refractivity contribution in [3.8, 4) is 0 Å². The Kier molecular flexibility index (Phi) is 16.4. The molecule has 12 heteroatoms. The van der Waals surface area contributed by atoms with Gasteiger partial charge in [0.25, 0.3) is 0 Å². The second-order valence-corrected chi connectivity index (χ2v) is 25.1. The van der Waals surface area contributed by atoms with Gasteiger partial charge in [0.15, 0.2) is 20.0 Å². The van der Waals surface area contributed by atoms with Gasteiger partial charge in [-0.3, -0.25) is 0 Å². The number of rotatable bonds is 6. The molecule has 244 valence electrons. The Morgan fingerprint density at radius 1 is 0.690 bits per heavy atom. The van der Waals surface area contributed by atoms with Crippen LogP contribution in [0, 0.1) is 6.67 Å². The van der Waals surface area contributed by atoms with Gasteiger partial charge >= 0.3 is 73.4 Å². The van der Waals surface area contributed by atoms with E-state index in [1.54, 1.807) is 96.3 Å². The van der Waals surface area contributed by atoms with Gasteiger partial charge in [0.05, 0.1) is 29.5 Å². The van der Waals surface area contributed by atoms with Gasteiger partial charge in [-0.25, -0.2) is 16.8 Å². The maximum atomic E-state index is 11.0. The van der Waals surface area contributed by atoms with Crippen LogP contribution in [0.4, 0.5) is 0 Å². The van der Waals surface area contributed by atoms with E-state index in [2.05, 4.69) is 0 Å². The molecule has 0 unspecified atom stereocenters. The van der Waals surface area contributed by atoms with Gasteiger partial charge in [0.1, 0.15) is 0 Å². The molecule has 4 fully saturated rings. The molecular weight excluding hydrogens is 719 g/mol. The van der Waals surface area contributed by atoms with Crippen molar-refractivity contribution in [2.45, 2.75) is 113 Å². The summed E-state index contributed by atoms with van der Waals surface area (Å²) in [4.78, 5) is 0. The molecule has 0 bridgehead atoms. The summed E-state index contributed by atoms with van der Waals surface area (Å²) in [5, 5.41) is 0. The molecule has 1 aliphatic heterocycles. The number of halogens is 2. The van der Waals surface area contributed by atoms with Gasteiger partial charge in [-0.2, -0.15) is 6.67 Å². The molecule has 3 aliphatic carbocycles. The van der Waals surface area contributed by atoms with Crippen molar-refractivity contribution in [2.24, 2.45) is 0 Å². The zero-order valence-corrected chi connectivity index (χ0v) is 31.1. The van der Waals surface area contributed by atoms with Crippen molar-refractivity contribution in [3.63, 3.8) is 0 Å². The van der Waals surface area contributed by atoms with E-state index < -0.39 is 33.6 Å². The predicted molar refractivity (Wildman–Crippen MR) is 180 cm³/mol. The van der Waals surface area contributed by atoms with Gasteiger partial charge in [-0.1, -0.05) is 19.3 Å². The molecule has 0 spiro atoms. The fourth-order valence-corrected chi connectivity index (χ4v) is 15.4. The Bertz CT molecular complexity index is 1090. The number of sulfonamides is 2. The zero-order chi connectivity index (χ0) is 30.6. The SMILES string of the molecule is C1CCC([PH+](C2CCCCC2)C2CCCCC2)CC1.CS(=O)(=O)N1[CH-]N(S(C)(=O)=O)CC1.[Cl][Ru]([Cl])=[CH]c1ccccc1. The van der Waals surface area contributed by atoms with Crippen LogP contribution in [0.1, 0.15) is 102 Å². The zero-order valence-electron chi connectivity index (χ0n) is 25.2. The molecule has 0 atom stereocenters. The van der Waals surface area contributed by atoms with Crippen molar-refractivity contribution in [1.29, 1.82) is 0 Å². The van der Waals surface area contributed by atoms with E-state index in [9.17, 15) is 16.8 Å². The molecule has 6 nitrogen and oxygen atoms in total. The molecule has 1 aromatic carbocycles. The molecular formula is C30H51Cl2N2O4PRuS2. The van der Waals surface area contributed by atoms with E-state index in [4.69, 9.17) is 19.4 Å². The number of benzene rings is 1. The van der Waals surface area contributed by atoms with Gasteiger partial charge in [0, 0.05) is 7.92 Å². The van der Waals surface area contributed by atoms with Crippen LogP contribution in [0.3, 0.4) is 0 Å². The number of hydrogen-bond acceptors (Lipinski definition) is 4. The van der Waals surface area contributed by atoms with Crippen LogP contribution in [0.2, 0.25) is 0 Å². The molecule has 1 heterocycles. The van der Waals surface area contributed by atoms with Gasteiger partial charge < -0.3 is 8.61 Å². The van der Waals surface area contributed by atoms with E-state index >= 15 is 0 Å². The summed E-state index contributed by atoms with van der Waals surface area (Å²) in [5.74, 6) is 0. The van der Waals surface area contributed by atoms with Crippen LogP contribution < -0.4 is 0 Å². The molecule has 3 saturated carbocycles. The Labute approximate surface area is 270 Å².